The van der Waals surface area contributed by atoms with Gasteiger partial charge in [-0.1, -0.05) is 12.1 Å². The summed E-state index contributed by atoms with van der Waals surface area (Å²) in [7, 11) is 3.55. The normalized spacial score (nSPS) is 12.0. The molecule has 0 bridgehead atoms. The quantitative estimate of drug-likeness (QED) is 0.774. The average Bonchev–Trinajstić information content (AvgIpc) is 3.21. The average molecular weight is 341 g/mol. The van der Waals surface area contributed by atoms with Crippen LogP contribution in [0.25, 0.3) is 0 Å². The van der Waals surface area contributed by atoms with Crippen LogP contribution in [0.4, 0.5) is 0 Å². The smallest absolute Gasteiger partial charge is 0.262 e. The van der Waals surface area contributed by atoms with E-state index in [0.717, 1.165) is 27.6 Å². The predicted molar refractivity (Wildman–Crippen MR) is 94.6 cm³/mol. The number of carbonyl (C=O) groups excluding carboxylic acids is 1. The molecule has 1 unspecified atom stereocenters. The van der Waals surface area contributed by atoms with E-state index in [1.807, 2.05) is 60.4 Å². The molecule has 1 atom stereocenters. The zero-order valence-electron chi connectivity index (χ0n) is 13.8. The number of hydrogen-bond donors (Lipinski definition) is 1. The lowest BCUT2D eigenvalue weighted by molar-refractivity contribution is 0.0944. The Balaban J connectivity index is 1.95. The molecule has 2 heterocycles. The maximum atomic E-state index is 12.7. The number of aromatic nitrogens is 2. The number of methoxy groups -OCH3 is 1. The van der Waals surface area contributed by atoms with Gasteiger partial charge in [-0.25, -0.2) is 4.98 Å². The van der Waals surface area contributed by atoms with Crippen molar-refractivity contribution in [2.75, 3.05) is 7.11 Å². The minimum Gasteiger partial charge on any atom is -0.497 e. The Bertz CT molecular complexity index is 836. The first kappa shape index (κ1) is 16.3. The third-order valence-corrected chi connectivity index (χ3v) is 4.92. The van der Waals surface area contributed by atoms with Gasteiger partial charge >= 0.3 is 0 Å². The summed E-state index contributed by atoms with van der Waals surface area (Å²) in [6.07, 6.45) is 3.60. The Kier molecular flexibility index (Phi) is 4.66. The maximum Gasteiger partial charge on any atom is 0.262 e. The second kappa shape index (κ2) is 6.88. The van der Waals surface area contributed by atoms with Gasteiger partial charge in [-0.3, -0.25) is 4.79 Å². The highest BCUT2D eigenvalue weighted by Gasteiger charge is 2.22. The number of imidazole rings is 1. The van der Waals surface area contributed by atoms with Crippen LogP contribution in [-0.2, 0) is 7.05 Å². The molecule has 24 heavy (non-hydrogen) atoms. The van der Waals surface area contributed by atoms with E-state index in [0.29, 0.717) is 0 Å². The molecule has 0 aliphatic carbocycles. The molecule has 3 rings (SSSR count). The van der Waals surface area contributed by atoms with Gasteiger partial charge in [0.15, 0.2) is 0 Å². The third kappa shape index (κ3) is 3.19. The van der Waals surface area contributed by atoms with E-state index >= 15 is 0 Å². The minimum absolute atomic E-state index is 0.0914. The second-order valence-electron chi connectivity index (χ2n) is 5.51. The summed E-state index contributed by atoms with van der Waals surface area (Å²) < 4.78 is 7.13. The van der Waals surface area contributed by atoms with Crippen molar-refractivity contribution in [2.45, 2.75) is 13.0 Å². The predicted octanol–water partition coefficient (Wildman–Crippen LogP) is 3.32. The van der Waals surface area contributed by atoms with Gasteiger partial charge in [0.05, 0.1) is 12.0 Å². The number of benzene rings is 1. The number of aryl methyl sites for hydroxylation is 2. The van der Waals surface area contributed by atoms with Gasteiger partial charge in [-0.2, -0.15) is 0 Å². The lowest BCUT2D eigenvalue weighted by Crippen LogP contribution is -2.31. The molecule has 0 radical (unpaired) electrons. The molecular weight excluding hydrogens is 322 g/mol. The summed E-state index contributed by atoms with van der Waals surface area (Å²) in [4.78, 5) is 17.8. The molecule has 6 heteroatoms. The van der Waals surface area contributed by atoms with Gasteiger partial charge in [0.1, 0.15) is 17.6 Å². The van der Waals surface area contributed by atoms with Crippen LogP contribution in [0.15, 0.2) is 48.1 Å². The van der Waals surface area contributed by atoms with Crippen molar-refractivity contribution < 1.29 is 9.53 Å². The summed E-state index contributed by atoms with van der Waals surface area (Å²) >= 11 is 1.44. The largest absolute Gasteiger partial charge is 0.497 e. The Morgan fingerprint density at radius 2 is 2.04 bits per heavy atom. The molecule has 0 spiro atoms. The van der Waals surface area contributed by atoms with Crippen molar-refractivity contribution in [3.05, 3.63) is 69.9 Å². The van der Waals surface area contributed by atoms with E-state index in [9.17, 15) is 4.79 Å². The zero-order chi connectivity index (χ0) is 17.1. The molecule has 5 nitrogen and oxygen atoms in total. The van der Waals surface area contributed by atoms with E-state index < -0.39 is 0 Å². The number of rotatable bonds is 5. The fourth-order valence-corrected chi connectivity index (χ4v) is 3.38. The van der Waals surface area contributed by atoms with E-state index in [-0.39, 0.29) is 11.9 Å². The van der Waals surface area contributed by atoms with Crippen LogP contribution in [0.5, 0.6) is 5.75 Å². The Morgan fingerprint density at radius 3 is 2.58 bits per heavy atom. The summed E-state index contributed by atoms with van der Waals surface area (Å²) in [6.45, 7) is 1.94. The van der Waals surface area contributed by atoms with E-state index in [2.05, 4.69) is 10.3 Å². The molecule has 0 saturated carbocycles. The number of hydrogen-bond acceptors (Lipinski definition) is 4. The topological polar surface area (TPSA) is 56.1 Å². The lowest BCUT2D eigenvalue weighted by Gasteiger charge is -2.19. The van der Waals surface area contributed by atoms with Crippen molar-refractivity contribution >= 4 is 17.2 Å². The fourth-order valence-electron chi connectivity index (χ4n) is 2.55. The highest BCUT2D eigenvalue weighted by molar-refractivity contribution is 7.12. The third-order valence-electron chi connectivity index (χ3n) is 3.91. The van der Waals surface area contributed by atoms with Gasteiger partial charge in [0.2, 0.25) is 0 Å². The van der Waals surface area contributed by atoms with Gasteiger partial charge in [-0.05, 0) is 41.6 Å². The molecule has 124 valence electrons. The summed E-state index contributed by atoms with van der Waals surface area (Å²) in [5.74, 6) is 1.46. The minimum atomic E-state index is -0.329. The van der Waals surface area contributed by atoms with Crippen LogP contribution in [0.1, 0.15) is 32.7 Å². The molecule has 0 aliphatic heterocycles. The number of nitrogens with one attached hydrogen (secondary N) is 1. The van der Waals surface area contributed by atoms with Crippen LogP contribution in [0.3, 0.4) is 0 Å². The van der Waals surface area contributed by atoms with E-state index in [1.54, 1.807) is 13.3 Å². The monoisotopic (exact) mass is 341 g/mol. The van der Waals surface area contributed by atoms with Crippen molar-refractivity contribution in [2.24, 2.45) is 7.05 Å². The second-order valence-corrected chi connectivity index (χ2v) is 6.42. The Morgan fingerprint density at radius 1 is 1.29 bits per heavy atom. The first-order chi connectivity index (χ1) is 11.6. The Labute approximate surface area is 144 Å². The molecule has 1 aromatic carbocycles. The zero-order valence-corrected chi connectivity index (χ0v) is 14.6. The van der Waals surface area contributed by atoms with E-state index in [1.165, 1.54) is 11.3 Å². The number of thiophene rings is 1. The number of carbonyl (C=O) groups is 1. The van der Waals surface area contributed by atoms with Gasteiger partial charge in [0.25, 0.3) is 5.91 Å². The van der Waals surface area contributed by atoms with Gasteiger partial charge in [0, 0.05) is 19.4 Å². The molecule has 1 amide bonds. The molecular formula is C18H19N3O2S. The lowest BCUT2D eigenvalue weighted by atomic mass is 10.1. The standard InChI is InChI=1S/C18H19N3O2S/c1-12-8-11-24-16(12)18(22)20-15(17-19-9-10-21(17)2)13-4-6-14(23-3)7-5-13/h4-11,15H,1-3H3,(H,20,22). The summed E-state index contributed by atoms with van der Waals surface area (Å²) in [6, 6.07) is 9.27. The van der Waals surface area contributed by atoms with Crippen molar-refractivity contribution in [1.29, 1.82) is 0 Å². The summed E-state index contributed by atoms with van der Waals surface area (Å²) in [5.41, 5.74) is 1.93. The van der Waals surface area contributed by atoms with Crippen molar-refractivity contribution in [3.63, 3.8) is 0 Å². The van der Waals surface area contributed by atoms with Crippen LogP contribution < -0.4 is 10.1 Å². The van der Waals surface area contributed by atoms with Crippen LogP contribution in [0.2, 0.25) is 0 Å². The van der Waals surface area contributed by atoms with Crippen LogP contribution in [-0.4, -0.2) is 22.6 Å². The first-order valence-corrected chi connectivity index (χ1v) is 8.44. The number of amides is 1. The van der Waals surface area contributed by atoms with Crippen LogP contribution in [0, 0.1) is 6.92 Å². The Hall–Kier alpha value is -2.60. The SMILES string of the molecule is COc1ccc(C(NC(=O)c2sccc2C)c2nccn2C)cc1. The van der Waals surface area contributed by atoms with Crippen molar-refractivity contribution in [3.8, 4) is 5.75 Å². The molecule has 0 aliphatic rings. The number of ether oxygens (including phenoxy) is 1. The molecule has 2 aromatic heterocycles. The molecule has 0 saturated heterocycles. The summed E-state index contributed by atoms with van der Waals surface area (Å²) in [5, 5.41) is 5.03. The first-order valence-electron chi connectivity index (χ1n) is 7.56. The van der Waals surface area contributed by atoms with Gasteiger partial charge in [-0.15, -0.1) is 11.3 Å². The molecule has 3 aromatic rings. The molecule has 1 N–H and O–H groups in total. The number of nitrogens with zero attached hydrogens (tertiary/aromatic N) is 2. The fraction of sp³-hybridized carbons (Fsp3) is 0.222. The van der Waals surface area contributed by atoms with Crippen LogP contribution >= 0.6 is 11.3 Å². The van der Waals surface area contributed by atoms with E-state index in [4.69, 9.17) is 4.74 Å². The molecule has 0 fully saturated rings. The maximum absolute atomic E-state index is 12.7. The highest BCUT2D eigenvalue weighted by atomic mass is 32.1. The van der Waals surface area contributed by atoms with Gasteiger partial charge < -0.3 is 14.6 Å². The van der Waals surface area contributed by atoms with Crippen molar-refractivity contribution in [1.82, 2.24) is 14.9 Å². The highest BCUT2D eigenvalue weighted by Crippen LogP contribution is 2.24.